The van der Waals surface area contributed by atoms with Crippen LogP contribution in [0.1, 0.15) is 58.3 Å². The second-order valence-electron chi connectivity index (χ2n) is 8.14. The Kier molecular flexibility index (Phi) is 5.24. The highest BCUT2D eigenvalue weighted by Gasteiger charge is 2.25. The van der Waals surface area contributed by atoms with Gasteiger partial charge >= 0.3 is 0 Å². The van der Waals surface area contributed by atoms with Gasteiger partial charge in [-0.25, -0.2) is 14.4 Å². The van der Waals surface area contributed by atoms with E-state index in [1.54, 1.807) is 6.07 Å². The fourth-order valence-corrected chi connectivity index (χ4v) is 3.63. The maximum absolute atomic E-state index is 14.4. The number of para-hydroxylation sites is 2. The van der Waals surface area contributed by atoms with Crippen LogP contribution in [0.5, 0.6) is 0 Å². The van der Waals surface area contributed by atoms with Crippen molar-refractivity contribution in [3.63, 3.8) is 0 Å². The Balaban J connectivity index is 0.00000109. The Morgan fingerprint density at radius 3 is 2.39 bits per heavy atom. The van der Waals surface area contributed by atoms with Crippen LogP contribution in [0, 0.1) is 5.82 Å². The minimum absolute atomic E-state index is 0.196. The summed E-state index contributed by atoms with van der Waals surface area (Å²) in [5.41, 5.74) is 4.33. The van der Waals surface area contributed by atoms with Gasteiger partial charge in [-0.1, -0.05) is 46.8 Å². The van der Waals surface area contributed by atoms with Gasteiger partial charge in [-0.05, 0) is 36.1 Å². The molecular formula is C24H28FN3. The molecule has 1 atom stereocenters. The summed E-state index contributed by atoms with van der Waals surface area (Å²) in [5, 5.41) is 0.963. The predicted molar refractivity (Wildman–Crippen MR) is 117 cm³/mol. The van der Waals surface area contributed by atoms with Crippen molar-refractivity contribution >= 4 is 27.6 Å². The molecule has 4 heteroatoms. The van der Waals surface area contributed by atoms with E-state index in [0.29, 0.717) is 5.52 Å². The minimum atomic E-state index is -0.236. The summed E-state index contributed by atoms with van der Waals surface area (Å²) in [7, 11) is 0. The Morgan fingerprint density at radius 2 is 1.75 bits per heavy atom. The van der Waals surface area contributed by atoms with Crippen molar-refractivity contribution in [2.45, 2.75) is 52.4 Å². The van der Waals surface area contributed by atoms with Crippen molar-refractivity contribution in [2.24, 2.45) is 0 Å². The molecule has 2 aromatic carbocycles. The second-order valence-corrected chi connectivity index (χ2v) is 8.14. The molecule has 0 saturated carbocycles. The fourth-order valence-electron chi connectivity index (χ4n) is 3.63. The summed E-state index contributed by atoms with van der Waals surface area (Å²) in [6.07, 6.45) is 0.936. The summed E-state index contributed by atoms with van der Waals surface area (Å²) >= 11 is 0. The summed E-state index contributed by atoms with van der Waals surface area (Å²) in [5.74, 6) is 0.897. The van der Waals surface area contributed by atoms with E-state index in [4.69, 9.17) is 9.97 Å². The molecule has 1 unspecified atom stereocenters. The third-order valence-corrected chi connectivity index (χ3v) is 5.15. The molecule has 0 aliphatic carbocycles. The average molecular weight is 378 g/mol. The summed E-state index contributed by atoms with van der Waals surface area (Å²) in [6.45, 7) is 16.6. The Morgan fingerprint density at radius 1 is 1.07 bits per heavy atom. The largest absolute Gasteiger partial charge is 0.279 e. The zero-order valence-electron chi connectivity index (χ0n) is 17.4. The lowest BCUT2D eigenvalue weighted by atomic mass is 9.92. The van der Waals surface area contributed by atoms with E-state index in [-0.39, 0.29) is 17.2 Å². The van der Waals surface area contributed by atoms with Gasteiger partial charge in [0, 0.05) is 16.9 Å². The van der Waals surface area contributed by atoms with E-state index >= 15 is 0 Å². The lowest BCUT2D eigenvalue weighted by Crippen LogP contribution is -2.19. The van der Waals surface area contributed by atoms with Crippen LogP contribution in [0.3, 0.4) is 0 Å². The third-order valence-electron chi connectivity index (χ3n) is 5.15. The standard InChI is InChI=1S/C22H24FN3.C2H4/c1-6-13(2)15-11-14(23)12-17-19(15)20-24-16-9-7-8-10-18(16)26(20)21(25-17)22(3,4)5;1-2/h7-13H,6H2,1-5H3;1-2H2. The maximum atomic E-state index is 14.4. The van der Waals surface area contributed by atoms with Gasteiger partial charge in [0.2, 0.25) is 0 Å². The zero-order valence-corrected chi connectivity index (χ0v) is 17.4. The molecule has 0 bridgehead atoms. The summed E-state index contributed by atoms with van der Waals surface area (Å²) in [4.78, 5) is 9.84. The first-order valence-corrected chi connectivity index (χ1v) is 9.72. The monoisotopic (exact) mass is 377 g/mol. The molecule has 0 fully saturated rings. The average Bonchev–Trinajstić information content (AvgIpc) is 3.06. The molecule has 2 aromatic heterocycles. The number of aromatic nitrogens is 3. The van der Waals surface area contributed by atoms with Crippen molar-refractivity contribution < 1.29 is 4.39 Å². The van der Waals surface area contributed by atoms with Gasteiger partial charge in [0.1, 0.15) is 17.3 Å². The second kappa shape index (κ2) is 7.34. The number of rotatable bonds is 2. The van der Waals surface area contributed by atoms with E-state index in [2.05, 4.69) is 58.2 Å². The highest BCUT2D eigenvalue weighted by molar-refractivity contribution is 5.99. The van der Waals surface area contributed by atoms with Gasteiger partial charge in [-0.2, -0.15) is 0 Å². The fraction of sp³-hybridized carbons (Fsp3) is 0.333. The minimum Gasteiger partial charge on any atom is -0.279 e. The number of benzene rings is 2. The Hall–Kier alpha value is -2.75. The van der Waals surface area contributed by atoms with Gasteiger partial charge in [0.25, 0.3) is 0 Å². The van der Waals surface area contributed by atoms with Gasteiger partial charge in [0.15, 0.2) is 0 Å². The Bertz CT molecular complexity index is 1150. The lowest BCUT2D eigenvalue weighted by molar-refractivity contribution is 0.542. The Labute approximate surface area is 165 Å². The zero-order chi connectivity index (χ0) is 20.6. The van der Waals surface area contributed by atoms with Crippen LogP contribution < -0.4 is 0 Å². The molecule has 0 radical (unpaired) electrons. The van der Waals surface area contributed by atoms with Crippen molar-refractivity contribution in [2.75, 3.05) is 0 Å². The lowest BCUT2D eigenvalue weighted by Gasteiger charge is -2.22. The highest BCUT2D eigenvalue weighted by atomic mass is 19.1. The summed E-state index contributed by atoms with van der Waals surface area (Å²) < 4.78 is 16.5. The molecule has 146 valence electrons. The molecule has 28 heavy (non-hydrogen) atoms. The van der Waals surface area contributed by atoms with Gasteiger partial charge < -0.3 is 0 Å². The van der Waals surface area contributed by atoms with E-state index in [1.807, 2.05) is 18.2 Å². The first-order valence-electron chi connectivity index (χ1n) is 9.72. The topological polar surface area (TPSA) is 30.2 Å². The van der Waals surface area contributed by atoms with Crippen molar-refractivity contribution in [1.29, 1.82) is 0 Å². The quantitative estimate of drug-likeness (QED) is 0.360. The number of halogens is 1. The van der Waals surface area contributed by atoms with Crippen LogP contribution in [-0.4, -0.2) is 14.4 Å². The van der Waals surface area contributed by atoms with E-state index in [1.165, 1.54) is 6.07 Å². The van der Waals surface area contributed by atoms with Crippen molar-refractivity contribution in [3.05, 3.63) is 66.8 Å². The summed E-state index contributed by atoms with van der Waals surface area (Å²) in [6, 6.07) is 11.3. The molecule has 0 spiro atoms. The first kappa shape index (κ1) is 20.0. The molecule has 0 saturated heterocycles. The first-order chi connectivity index (χ1) is 13.3. The molecule has 4 aromatic rings. The third kappa shape index (κ3) is 3.17. The van der Waals surface area contributed by atoms with Crippen molar-refractivity contribution in [3.8, 4) is 0 Å². The number of fused-ring (bicyclic) bond motifs is 5. The number of imidazole rings is 1. The smallest absolute Gasteiger partial charge is 0.149 e. The SMILES string of the molecule is C=C.CCC(C)c1cc(F)cc2nc(C(C)(C)C)n3c4ccccc4nc3c12. The number of hydrogen-bond acceptors (Lipinski definition) is 2. The molecular weight excluding hydrogens is 349 g/mol. The van der Waals surface area contributed by atoms with Crippen LogP contribution in [-0.2, 0) is 5.41 Å². The molecule has 4 rings (SSSR count). The molecule has 2 heterocycles. The number of nitrogens with zero attached hydrogens (tertiary/aromatic N) is 3. The van der Waals surface area contributed by atoms with Gasteiger partial charge in [0.05, 0.1) is 16.6 Å². The predicted octanol–water partition coefficient (Wildman–Crippen LogP) is 6.79. The molecule has 0 N–H and O–H groups in total. The molecule has 3 nitrogen and oxygen atoms in total. The molecule has 0 aliphatic heterocycles. The van der Waals surface area contributed by atoms with Gasteiger partial charge in [-0.15, -0.1) is 13.2 Å². The normalized spacial score (nSPS) is 12.9. The van der Waals surface area contributed by atoms with E-state index in [9.17, 15) is 4.39 Å². The van der Waals surface area contributed by atoms with E-state index in [0.717, 1.165) is 39.9 Å². The maximum Gasteiger partial charge on any atom is 0.149 e. The highest BCUT2D eigenvalue weighted by Crippen LogP contribution is 2.35. The van der Waals surface area contributed by atoms with Crippen LogP contribution in [0.15, 0.2) is 49.6 Å². The van der Waals surface area contributed by atoms with Crippen LogP contribution in [0.2, 0.25) is 0 Å². The van der Waals surface area contributed by atoms with Crippen LogP contribution in [0.25, 0.3) is 27.6 Å². The van der Waals surface area contributed by atoms with Gasteiger partial charge in [-0.3, -0.25) is 4.40 Å². The number of hydrogen-bond donors (Lipinski definition) is 0. The van der Waals surface area contributed by atoms with Crippen molar-refractivity contribution in [1.82, 2.24) is 14.4 Å². The van der Waals surface area contributed by atoms with E-state index < -0.39 is 0 Å². The van der Waals surface area contributed by atoms with Crippen LogP contribution >= 0.6 is 0 Å². The molecule has 0 amide bonds. The van der Waals surface area contributed by atoms with Crippen LogP contribution in [0.4, 0.5) is 4.39 Å². The molecule has 0 aliphatic rings.